The fraction of sp³-hybridized carbons (Fsp3) is 0.462. The first-order valence-corrected chi connectivity index (χ1v) is 13.5. The van der Waals surface area contributed by atoms with Gasteiger partial charge in [-0.1, -0.05) is 20.8 Å². The van der Waals surface area contributed by atoms with Gasteiger partial charge in [0.2, 0.25) is 0 Å². The highest BCUT2D eigenvalue weighted by molar-refractivity contribution is 7.92. The summed E-state index contributed by atoms with van der Waals surface area (Å²) in [5, 5.41) is 4.27. The van der Waals surface area contributed by atoms with Crippen molar-refractivity contribution in [2.24, 2.45) is 16.4 Å². The number of rotatable bonds is 6. The summed E-state index contributed by atoms with van der Waals surface area (Å²) >= 11 is 0. The molecule has 2 aromatic rings. The Labute approximate surface area is 211 Å². The van der Waals surface area contributed by atoms with Crippen molar-refractivity contribution >= 4 is 27.3 Å². The lowest BCUT2D eigenvalue weighted by Gasteiger charge is -2.34. The van der Waals surface area contributed by atoms with Gasteiger partial charge >= 0.3 is 0 Å². The third kappa shape index (κ3) is 5.98. The molecule has 2 aliphatic rings. The predicted molar refractivity (Wildman–Crippen MR) is 135 cm³/mol. The maximum absolute atomic E-state index is 13.6. The molecule has 2 aromatic carbocycles. The summed E-state index contributed by atoms with van der Waals surface area (Å²) < 4.78 is 52.7. The summed E-state index contributed by atoms with van der Waals surface area (Å²) in [6, 6.07) is 9.21. The quantitative estimate of drug-likeness (QED) is 0.569. The maximum Gasteiger partial charge on any atom is 0.264 e. The summed E-state index contributed by atoms with van der Waals surface area (Å²) in [6.45, 7) is 6.84. The van der Waals surface area contributed by atoms with E-state index in [9.17, 15) is 17.6 Å². The van der Waals surface area contributed by atoms with Gasteiger partial charge in [0.05, 0.1) is 10.6 Å². The number of hydrogen-bond donors (Lipinski definition) is 1. The van der Waals surface area contributed by atoms with Gasteiger partial charge in [0.15, 0.2) is 11.5 Å². The third-order valence-electron chi connectivity index (χ3n) is 6.63. The van der Waals surface area contributed by atoms with Gasteiger partial charge in [-0.05, 0) is 73.4 Å². The zero-order valence-corrected chi connectivity index (χ0v) is 21.6. The maximum atomic E-state index is 13.6. The van der Waals surface area contributed by atoms with Gasteiger partial charge in [-0.3, -0.25) is 9.10 Å². The lowest BCUT2D eigenvalue weighted by atomic mass is 9.72. The van der Waals surface area contributed by atoms with Crippen LogP contribution in [0.3, 0.4) is 0 Å². The summed E-state index contributed by atoms with van der Waals surface area (Å²) in [5.41, 5.74) is 3.79. The van der Waals surface area contributed by atoms with E-state index in [-0.39, 0.29) is 16.0 Å². The van der Waals surface area contributed by atoms with Crippen LogP contribution in [0.15, 0.2) is 52.5 Å². The number of hydrogen-bond acceptors (Lipinski definition) is 6. The van der Waals surface area contributed by atoms with Crippen LogP contribution < -0.4 is 19.2 Å². The molecule has 36 heavy (non-hydrogen) atoms. The smallest absolute Gasteiger partial charge is 0.264 e. The number of carbonyl (C=O) groups is 1. The Balaban J connectivity index is 1.53. The van der Waals surface area contributed by atoms with Crippen LogP contribution in [0.4, 0.5) is 10.1 Å². The first kappa shape index (κ1) is 25.9. The Hall–Kier alpha value is -3.14. The van der Waals surface area contributed by atoms with Crippen molar-refractivity contribution in [3.8, 4) is 11.5 Å². The number of benzene rings is 2. The first-order chi connectivity index (χ1) is 17.0. The van der Waals surface area contributed by atoms with Gasteiger partial charge in [-0.2, -0.15) is 5.10 Å². The lowest BCUT2D eigenvalue weighted by molar-refractivity contribution is -0.119. The fourth-order valence-corrected chi connectivity index (χ4v) is 5.91. The topological polar surface area (TPSA) is 97.3 Å². The second-order valence-electron chi connectivity index (χ2n) is 10.1. The number of hydrazone groups is 1. The van der Waals surface area contributed by atoms with E-state index >= 15 is 0 Å². The molecule has 1 saturated carbocycles. The van der Waals surface area contributed by atoms with Gasteiger partial charge in [0.25, 0.3) is 15.9 Å². The zero-order valence-electron chi connectivity index (χ0n) is 20.8. The Morgan fingerprint density at radius 3 is 2.33 bits per heavy atom. The molecule has 0 aromatic heterocycles. The van der Waals surface area contributed by atoms with E-state index in [4.69, 9.17) is 9.47 Å². The van der Waals surface area contributed by atoms with Gasteiger partial charge in [0, 0.05) is 11.8 Å². The molecule has 4 rings (SSSR count). The number of carbonyl (C=O) groups excluding carboxylic acids is 1. The number of nitrogens with one attached hydrogen (secondary N) is 1. The number of fused-ring (bicyclic) bond motifs is 1. The minimum atomic E-state index is -4.20. The molecule has 0 radical (unpaired) electrons. The van der Waals surface area contributed by atoms with E-state index in [0.29, 0.717) is 30.6 Å². The Morgan fingerprint density at radius 1 is 1.06 bits per heavy atom. The van der Waals surface area contributed by atoms with Crippen molar-refractivity contribution in [2.75, 3.05) is 24.1 Å². The third-order valence-corrected chi connectivity index (χ3v) is 8.40. The summed E-state index contributed by atoms with van der Waals surface area (Å²) in [6.07, 6.45) is 3.58. The predicted octanol–water partition coefficient (Wildman–Crippen LogP) is 4.50. The van der Waals surface area contributed by atoms with E-state index in [2.05, 4.69) is 31.3 Å². The minimum absolute atomic E-state index is 0.0734. The van der Waals surface area contributed by atoms with Crippen LogP contribution in [-0.4, -0.2) is 39.8 Å². The largest absolute Gasteiger partial charge is 0.486 e. The highest BCUT2D eigenvalue weighted by atomic mass is 32.2. The second-order valence-corrected chi connectivity index (χ2v) is 12.0. The molecule has 0 saturated heterocycles. The molecular weight excluding hydrogens is 485 g/mol. The van der Waals surface area contributed by atoms with Crippen molar-refractivity contribution in [3.05, 3.63) is 48.3 Å². The molecular formula is C26H32FN3O5S. The number of amides is 1. The zero-order chi connectivity index (χ0) is 25.9. The molecule has 1 aliphatic heterocycles. The van der Waals surface area contributed by atoms with E-state index in [1.54, 1.807) is 0 Å². The van der Waals surface area contributed by atoms with Crippen LogP contribution in [0.2, 0.25) is 0 Å². The van der Waals surface area contributed by atoms with Crippen molar-refractivity contribution in [1.29, 1.82) is 0 Å². The molecule has 1 N–H and O–H groups in total. The molecule has 1 fully saturated rings. The van der Waals surface area contributed by atoms with Crippen LogP contribution in [0.25, 0.3) is 0 Å². The monoisotopic (exact) mass is 517 g/mol. The molecule has 0 unspecified atom stereocenters. The van der Waals surface area contributed by atoms with Crippen LogP contribution in [0.1, 0.15) is 46.5 Å². The average molecular weight is 518 g/mol. The number of halogens is 1. The van der Waals surface area contributed by atoms with Gasteiger partial charge in [-0.15, -0.1) is 0 Å². The molecule has 1 heterocycles. The van der Waals surface area contributed by atoms with Crippen molar-refractivity contribution in [3.63, 3.8) is 0 Å². The molecule has 1 aliphatic carbocycles. The molecule has 8 nitrogen and oxygen atoms in total. The number of ether oxygens (including phenoxy) is 2. The van der Waals surface area contributed by atoms with E-state index in [0.717, 1.165) is 47.8 Å². The van der Waals surface area contributed by atoms with Gasteiger partial charge < -0.3 is 9.47 Å². The fourth-order valence-electron chi connectivity index (χ4n) is 4.47. The highest BCUT2D eigenvalue weighted by Crippen LogP contribution is 2.37. The molecule has 0 atom stereocenters. The SMILES string of the molecule is CC(C)(C)C1CCC(=NNC(=O)CN(c2ccc(F)cc2)S(=O)(=O)c2ccc3c(c2)OCCO3)CC1. The van der Waals surface area contributed by atoms with Crippen molar-refractivity contribution < 1.29 is 27.1 Å². The van der Waals surface area contributed by atoms with Gasteiger partial charge in [-0.25, -0.2) is 18.2 Å². The van der Waals surface area contributed by atoms with Crippen LogP contribution in [0.5, 0.6) is 11.5 Å². The van der Waals surface area contributed by atoms with Crippen molar-refractivity contribution in [1.82, 2.24) is 5.43 Å². The first-order valence-electron chi connectivity index (χ1n) is 12.1. The summed E-state index contributed by atoms with van der Waals surface area (Å²) in [7, 11) is -4.20. The summed E-state index contributed by atoms with van der Waals surface area (Å²) in [4.78, 5) is 12.8. The molecule has 194 valence electrons. The number of anilines is 1. The number of nitrogens with zero attached hydrogens (tertiary/aromatic N) is 2. The van der Waals surface area contributed by atoms with E-state index < -0.39 is 28.3 Å². The normalized spacial score (nSPS) is 17.9. The molecule has 0 spiro atoms. The summed E-state index contributed by atoms with van der Waals surface area (Å²) in [5.74, 6) is 0.242. The molecule has 0 bridgehead atoms. The van der Waals surface area contributed by atoms with E-state index in [1.807, 2.05) is 0 Å². The minimum Gasteiger partial charge on any atom is -0.486 e. The van der Waals surface area contributed by atoms with Crippen LogP contribution in [-0.2, 0) is 14.8 Å². The van der Waals surface area contributed by atoms with E-state index in [1.165, 1.54) is 30.3 Å². The van der Waals surface area contributed by atoms with Crippen LogP contribution in [0, 0.1) is 17.2 Å². The lowest BCUT2D eigenvalue weighted by Crippen LogP contribution is -2.40. The van der Waals surface area contributed by atoms with Crippen molar-refractivity contribution in [2.45, 2.75) is 51.3 Å². The Kier molecular flexibility index (Phi) is 7.54. The Morgan fingerprint density at radius 2 is 1.69 bits per heavy atom. The Bertz CT molecular complexity index is 1230. The van der Waals surface area contributed by atoms with Gasteiger partial charge in [0.1, 0.15) is 25.6 Å². The molecule has 10 heteroatoms. The standard InChI is InChI=1S/C26H32FN3O5S/c1-26(2,3)18-4-8-20(9-5-18)28-29-25(31)17-30(21-10-6-19(27)7-11-21)36(32,33)22-12-13-23-24(16-22)35-15-14-34-23/h6-7,10-13,16,18H,4-5,8-9,14-15,17H2,1-3H3,(H,29,31). The highest BCUT2D eigenvalue weighted by Gasteiger charge is 2.30. The average Bonchev–Trinajstić information content (AvgIpc) is 2.86. The van der Waals surface area contributed by atoms with Crippen LogP contribution >= 0.6 is 0 Å². The molecule has 1 amide bonds. The second kappa shape index (κ2) is 10.5. The number of sulfonamides is 1.